The average Bonchev–Trinajstić information content (AvgIpc) is 3.70. The lowest BCUT2D eigenvalue weighted by atomic mass is 9.81. The van der Waals surface area contributed by atoms with Crippen LogP contribution in [0.1, 0.15) is 25.0 Å². The van der Waals surface area contributed by atoms with Crippen molar-refractivity contribution < 1.29 is 4.42 Å². The zero-order valence-electron chi connectivity index (χ0n) is 28.8. The zero-order chi connectivity index (χ0) is 34.8. The SMILES string of the molecule is CC1(C)c2cc(-c3cccc(-c4ccc(-c5nc(-c6ccccc6)nc(-c6ccccc6)n5)cc4)c3)ccc2-c2ccc3c(oc4ccccc43)c21. The van der Waals surface area contributed by atoms with Crippen LogP contribution in [0.4, 0.5) is 0 Å². The van der Waals surface area contributed by atoms with Crippen LogP contribution in [-0.2, 0) is 5.41 Å². The van der Waals surface area contributed by atoms with Gasteiger partial charge in [-0.05, 0) is 63.2 Å². The summed E-state index contributed by atoms with van der Waals surface area (Å²) < 4.78 is 6.52. The number of fused-ring (bicyclic) bond motifs is 7. The predicted molar refractivity (Wildman–Crippen MR) is 212 cm³/mol. The Labute approximate surface area is 302 Å². The normalized spacial score (nSPS) is 13.0. The molecule has 4 heteroatoms. The zero-order valence-corrected chi connectivity index (χ0v) is 28.8. The van der Waals surface area contributed by atoms with Gasteiger partial charge in [-0.2, -0.15) is 0 Å². The maximum atomic E-state index is 6.52. The summed E-state index contributed by atoms with van der Waals surface area (Å²) in [5, 5.41) is 2.35. The number of hydrogen-bond donors (Lipinski definition) is 0. The average molecular weight is 668 g/mol. The van der Waals surface area contributed by atoms with E-state index in [2.05, 4.69) is 111 Å². The lowest BCUT2D eigenvalue weighted by Gasteiger charge is -2.22. The highest BCUT2D eigenvalue weighted by Gasteiger charge is 2.38. The van der Waals surface area contributed by atoms with E-state index < -0.39 is 0 Å². The van der Waals surface area contributed by atoms with Gasteiger partial charge in [0, 0.05) is 38.4 Å². The monoisotopic (exact) mass is 667 g/mol. The fourth-order valence-corrected chi connectivity index (χ4v) is 7.87. The van der Waals surface area contributed by atoms with Gasteiger partial charge in [0.1, 0.15) is 11.2 Å². The van der Waals surface area contributed by atoms with Gasteiger partial charge in [-0.15, -0.1) is 0 Å². The van der Waals surface area contributed by atoms with E-state index in [0.29, 0.717) is 17.5 Å². The Kier molecular flexibility index (Phi) is 6.80. The van der Waals surface area contributed by atoms with Crippen LogP contribution < -0.4 is 0 Å². The molecule has 0 unspecified atom stereocenters. The van der Waals surface area contributed by atoms with Crippen LogP contribution in [0.5, 0.6) is 0 Å². The van der Waals surface area contributed by atoms with Crippen LogP contribution in [-0.4, -0.2) is 15.0 Å². The quantitative estimate of drug-likeness (QED) is 0.183. The molecule has 246 valence electrons. The van der Waals surface area contributed by atoms with Crippen molar-refractivity contribution in [3.05, 3.63) is 175 Å². The molecule has 0 bridgehead atoms. The second-order valence-corrected chi connectivity index (χ2v) is 14.0. The fraction of sp³-hybridized carbons (Fsp3) is 0.0625. The molecule has 2 heterocycles. The van der Waals surface area contributed by atoms with Crippen LogP contribution in [0.2, 0.25) is 0 Å². The van der Waals surface area contributed by atoms with E-state index in [0.717, 1.165) is 39.0 Å². The third kappa shape index (κ3) is 4.87. The summed E-state index contributed by atoms with van der Waals surface area (Å²) in [6, 6.07) is 57.2. The third-order valence-electron chi connectivity index (χ3n) is 10.5. The van der Waals surface area contributed by atoms with Gasteiger partial charge in [-0.3, -0.25) is 0 Å². The fourth-order valence-electron chi connectivity index (χ4n) is 7.87. The number of nitrogens with zero attached hydrogens (tertiary/aromatic N) is 3. The Morgan fingerprint density at radius 1 is 0.404 bits per heavy atom. The molecule has 1 aliphatic carbocycles. The molecule has 0 amide bonds. The first-order valence-electron chi connectivity index (χ1n) is 17.7. The maximum absolute atomic E-state index is 6.52. The molecule has 9 aromatic rings. The van der Waals surface area contributed by atoms with Crippen molar-refractivity contribution >= 4 is 21.9 Å². The highest BCUT2D eigenvalue weighted by atomic mass is 16.3. The van der Waals surface area contributed by atoms with Crippen molar-refractivity contribution in [1.29, 1.82) is 0 Å². The van der Waals surface area contributed by atoms with E-state index in [1.54, 1.807) is 0 Å². The van der Waals surface area contributed by atoms with Gasteiger partial charge in [0.15, 0.2) is 17.5 Å². The summed E-state index contributed by atoms with van der Waals surface area (Å²) in [6.45, 7) is 4.65. The lowest BCUT2D eigenvalue weighted by molar-refractivity contribution is 0.620. The van der Waals surface area contributed by atoms with E-state index in [4.69, 9.17) is 19.4 Å². The maximum Gasteiger partial charge on any atom is 0.164 e. The molecule has 10 rings (SSSR count). The summed E-state index contributed by atoms with van der Waals surface area (Å²) in [6.07, 6.45) is 0. The summed E-state index contributed by atoms with van der Waals surface area (Å²) in [7, 11) is 0. The van der Waals surface area contributed by atoms with Crippen molar-refractivity contribution in [2.75, 3.05) is 0 Å². The topological polar surface area (TPSA) is 51.8 Å². The van der Waals surface area contributed by atoms with Crippen molar-refractivity contribution in [3.8, 4) is 67.5 Å². The number of aromatic nitrogens is 3. The number of benzene rings is 7. The number of hydrogen-bond acceptors (Lipinski definition) is 4. The highest BCUT2D eigenvalue weighted by molar-refractivity contribution is 6.09. The molecule has 0 atom stereocenters. The van der Waals surface area contributed by atoms with Gasteiger partial charge in [0.25, 0.3) is 0 Å². The van der Waals surface area contributed by atoms with E-state index in [1.807, 2.05) is 66.7 Å². The Hall–Kier alpha value is -6.65. The minimum atomic E-state index is -0.211. The standard InChI is InChI=1S/C48H33N3O/c1-48(2)41-29-36(24-25-37(41)39-26-27-40-38-18-9-10-19-42(38)52-44(40)43(39)48)35-17-11-16-34(28-35)30-20-22-33(23-21-30)47-50-45(31-12-5-3-6-13-31)49-46(51-47)32-14-7-4-8-15-32/h3-29H,1-2H3. The van der Waals surface area contributed by atoms with Crippen LogP contribution >= 0.6 is 0 Å². The van der Waals surface area contributed by atoms with Crippen LogP contribution in [0.25, 0.3) is 89.5 Å². The Bertz CT molecular complexity index is 2740. The second-order valence-electron chi connectivity index (χ2n) is 14.0. The highest BCUT2D eigenvalue weighted by Crippen LogP contribution is 2.53. The van der Waals surface area contributed by atoms with Gasteiger partial charge in [0.2, 0.25) is 0 Å². The number of furan rings is 1. The molecule has 2 aromatic heterocycles. The Morgan fingerprint density at radius 2 is 0.904 bits per heavy atom. The minimum absolute atomic E-state index is 0.211. The smallest absolute Gasteiger partial charge is 0.164 e. The molecule has 0 aliphatic heterocycles. The van der Waals surface area contributed by atoms with E-state index in [9.17, 15) is 0 Å². The van der Waals surface area contributed by atoms with Crippen molar-refractivity contribution in [2.45, 2.75) is 19.3 Å². The Balaban J connectivity index is 0.989. The second kappa shape index (κ2) is 11.7. The molecule has 0 saturated heterocycles. The van der Waals surface area contributed by atoms with Gasteiger partial charge in [-0.1, -0.05) is 153 Å². The number of para-hydroxylation sites is 1. The minimum Gasteiger partial charge on any atom is -0.456 e. The first-order valence-corrected chi connectivity index (χ1v) is 17.7. The lowest BCUT2D eigenvalue weighted by Crippen LogP contribution is -2.15. The van der Waals surface area contributed by atoms with E-state index in [-0.39, 0.29) is 5.41 Å². The molecular formula is C48H33N3O. The van der Waals surface area contributed by atoms with Crippen molar-refractivity contribution in [1.82, 2.24) is 15.0 Å². The third-order valence-corrected chi connectivity index (χ3v) is 10.5. The van der Waals surface area contributed by atoms with Crippen LogP contribution in [0, 0.1) is 0 Å². The summed E-state index contributed by atoms with van der Waals surface area (Å²) in [5.41, 5.74) is 14.4. The van der Waals surface area contributed by atoms with Crippen LogP contribution in [0.3, 0.4) is 0 Å². The van der Waals surface area contributed by atoms with Gasteiger partial charge < -0.3 is 4.42 Å². The van der Waals surface area contributed by atoms with Gasteiger partial charge in [0.05, 0.1) is 0 Å². The van der Waals surface area contributed by atoms with Crippen LogP contribution in [0.15, 0.2) is 168 Å². The first kappa shape index (κ1) is 30.2. The summed E-state index contributed by atoms with van der Waals surface area (Å²) in [4.78, 5) is 14.7. The largest absolute Gasteiger partial charge is 0.456 e. The first-order chi connectivity index (χ1) is 25.5. The molecule has 1 aliphatic rings. The molecular weight excluding hydrogens is 635 g/mol. The molecule has 0 spiro atoms. The van der Waals surface area contributed by atoms with Gasteiger partial charge >= 0.3 is 0 Å². The Morgan fingerprint density at radius 3 is 1.58 bits per heavy atom. The summed E-state index contributed by atoms with van der Waals surface area (Å²) in [5.74, 6) is 1.96. The van der Waals surface area contributed by atoms with Gasteiger partial charge in [-0.25, -0.2) is 15.0 Å². The van der Waals surface area contributed by atoms with Crippen molar-refractivity contribution in [2.24, 2.45) is 0 Å². The molecule has 52 heavy (non-hydrogen) atoms. The molecule has 4 nitrogen and oxygen atoms in total. The molecule has 0 N–H and O–H groups in total. The number of rotatable bonds is 5. The summed E-state index contributed by atoms with van der Waals surface area (Å²) >= 11 is 0. The molecule has 7 aromatic carbocycles. The molecule has 0 fully saturated rings. The molecule has 0 saturated carbocycles. The van der Waals surface area contributed by atoms with E-state index in [1.165, 1.54) is 44.2 Å². The van der Waals surface area contributed by atoms with Crippen molar-refractivity contribution in [3.63, 3.8) is 0 Å². The molecule has 0 radical (unpaired) electrons. The van der Waals surface area contributed by atoms with E-state index >= 15 is 0 Å². The predicted octanol–water partition coefficient (Wildman–Crippen LogP) is 12.4.